The van der Waals surface area contributed by atoms with Crippen LogP contribution in [0.15, 0.2) is 46.9 Å². The summed E-state index contributed by atoms with van der Waals surface area (Å²) in [5.74, 6) is 1.29. The van der Waals surface area contributed by atoms with E-state index in [1.165, 1.54) is 0 Å². The average Bonchev–Trinajstić information content (AvgIpc) is 2.46. The third-order valence-electron chi connectivity index (χ3n) is 3.31. The molecule has 2 aromatic rings. The van der Waals surface area contributed by atoms with Crippen molar-refractivity contribution >= 4 is 15.9 Å². The molecule has 1 N–H and O–H groups in total. The van der Waals surface area contributed by atoms with Crippen molar-refractivity contribution in [1.82, 2.24) is 0 Å². The van der Waals surface area contributed by atoms with Crippen LogP contribution in [0.25, 0.3) is 0 Å². The monoisotopic (exact) mass is 336 g/mol. The molecule has 3 nitrogen and oxygen atoms in total. The Balaban J connectivity index is 2.56. The van der Waals surface area contributed by atoms with Gasteiger partial charge in [-0.2, -0.15) is 0 Å². The third-order valence-corrected chi connectivity index (χ3v) is 4.00. The minimum absolute atomic E-state index is 0.645. The van der Waals surface area contributed by atoms with Crippen molar-refractivity contribution in [3.63, 3.8) is 0 Å². The molecule has 1 unspecified atom stereocenters. The van der Waals surface area contributed by atoms with E-state index in [4.69, 9.17) is 9.47 Å². The van der Waals surface area contributed by atoms with E-state index in [0.717, 1.165) is 10.0 Å². The maximum absolute atomic E-state index is 10.9. The van der Waals surface area contributed by atoms with E-state index < -0.39 is 5.60 Å². The van der Waals surface area contributed by atoms with Gasteiger partial charge in [-0.05, 0) is 30.7 Å². The first-order chi connectivity index (χ1) is 9.48. The highest BCUT2D eigenvalue weighted by Crippen LogP contribution is 2.37. The van der Waals surface area contributed by atoms with Crippen LogP contribution in [0, 0.1) is 0 Å². The zero-order valence-electron chi connectivity index (χ0n) is 11.7. The zero-order chi connectivity index (χ0) is 14.8. The fraction of sp³-hybridized carbons (Fsp3) is 0.250. The number of ether oxygens (including phenoxy) is 2. The van der Waals surface area contributed by atoms with Crippen molar-refractivity contribution in [2.75, 3.05) is 14.2 Å². The van der Waals surface area contributed by atoms with Crippen LogP contribution in [0.2, 0.25) is 0 Å². The Morgan fingerprint density at radius 2 is 1.55 bits per heavy atom. The van der Waals surface area contributed by atoms with Gasteiger partial charge < -0.3 is 14.6 Å². The fourth-order valence-electron chi connectivity index (χ4n) is 2.10. The molecule has 2 aromatic carbocycles. The first-order valence-corrected chi connectivity index (χ1v) is 6.99. The quantitative estimate of drug-likeness (QED) is 0.924. The number of methoxy groups -OCH3 is 2. The van der Waals surface area contributed by atoms with Gasteiger partial charge in [0, 0.05) is 16.1 Å². The molecule has 0 heterocycles. The van der Waals surface area contributed by atoms with Crippen LogP contribution in [0.3, 0.4) is 0 Å². The van der Waals surface area contributed by atoms with Crippen molar-refractivity contribution in [1.29, 1.82) is 0 Å². The molecule has 4 heteroatoms. The zero-order valence-corrected chi connectivity index (χ0v) is 13.3. The van der Waals surface area contributed by atoms with Crippen LogP contribution in [0.4, 0.5) is 0 Å². The van der Waals surface area contributed by atoms with Crippen molar-refractivity contribution in [2.24, 2.45) is 0 Å². The van der Waals surface area contributed by atoms with Gasteiger partial charge in [0.15, 0.2) is 0 Å². The van der Waals surface area contributed by atoms with Crippen LogP contribution in [-0.4, -0.2) is 19.3 Å². The molecule has 0 aliphatic carbocycles. The van der Waals surface area contributed by atoms with Gasteiger partial charge in [0.1, 0.15) is 17.1 Å². The number of aliphatic hydroxyl groups is 1. The lowest BCUT2D eigenvalue weighted by molar-refractivity contribution is 0.101. The molecule has 0 aliphatic heterocycles. The van der Waals surface area contributed by atoms with E-state index >= 15 is 0 Å². The first kappa shape index (κ1) is 14.9. The van der Waals surface area contributed by atoms with E-state index in [1.807, 2.05) is 36.4 Å². The van der Waals surface area contributed by atoms with Crippen molar-refractivity contribution < 1.29 is 14.6 Å². The van der Waals surface area contributed by atoms with Gasteiger partial charge in [-0.25, -0.2) is 0 Å². The first-order valence-electron chi connectivity index (χ1n) is 6.20. The standard InChI is InChI=1S/C16H17BrO3/c1-16(18,14-6-4-5-7-15(14)17)11-8-12(19-2)10-13(9-11)20-3/h4-10,18H,1-3H3. The van der Waals surface area contributed by atoms with Crippen LogP contribution >= 0.6 is 15.9 Å². The number of benzene rings is 2. The second-order valence-corrected chi connectivity index (χ2v) is 5.51. The molecule has 0 fully saturated rings. The molecular formula is C16H17BrO3. The van der Waals surface area contributed by atoms with Gasteiger partial charge in [-0.3, -0.25) is 0 Å². The second-order valence-electron chi connectivity index (χ2n) is 4.65. The molecule has 1 atom stereocenters. The maximum Gasteiger partial charge on any atom is 0.122 e. The predicted molar refractivity (Wildman–Crippen MR) is 82.4 cm³/mol. The summed E-state index contributed by atoms with van der Waals surface area (Å²) in [4.78, 5) is 0. The Hall–Kier alpha value is -1.52. The van der Waals surface area contributed by atoms with E-state index in [1.54, 1.807) is 27.2 Å². The summed E-state index contributed by atoms with van der Waals surface area (Å²) < 4.78 is 11.4. The van der Waals surface area contributed by atoms with Crippen molar-refractivity contribution in [2.45, 2.75) is 12.5 Å². The molecule has 106 valence electrons. The number of hydrogen-bond donors (Lipinski definition) is 1. The predicted octanol–water partition coefficient (Wildman–Crippen LogP) is 3.72. The Morgan fingerprint density at radius 3 is 2.05 bits per heavy atom. The number of rotatable bonds is 4. The van der Waals surface area contributed by atoms with Crippen LogP contribution in [0.5, 0.6) is 11.5 Å². The van der Waals surface area contributed by atoms with E-state index in [0.29, 0.717) is 17.1 Å². The van der Waals surface area contributed by atoms with E-state index in [9.17, 15) is 5.11 Å². The summed E-state index contributed by atoms with van der Waals surface area (Å²) in [5.41, 5.74) is 0.345. The van der Waals surface area contributed by atoms with E-state index in [-0.39, 0.29) is 0 Å². The van der Waals surface area contributed by atoms with Crippen LogP contribution < -0.4 is 9.47 Å². The Kier molecular flexibility index (Phi) is 4.35. The second kappa shape index (κ2) is 5.85. The minimum Gasteiger partial charge on any atom is -0.497 e. The van der Waals surface area contributed by atoms with Crippen LogP contribution in [0.1, 0.15) is 18.1 Å². The van der Waals surface area contributed by atoms with Crippen LogP contribution in [-0.2, 0) is 5.60 Å². The molecule has 0 saturated heterocycles. The molecular weight excluding hydrogens is 320 g/mol. The summed E-state index contributed by atoms with van der Waals surface area (Å²) in [5, 5.41) is 10.9. The van der Waals surface area contributed by atoms with Gasteiger partial charge in [0.05, 0.1) is 14.2 Å². The smallest absolute Gasteiger partial charge is 0.122 e. The number of hydrogen-bond acceptors (Lipinski definition) is 3. The average molecular weight is 337 g/mol. The van der Waals surface area contributed by atoms with Gasteiger partial charge in [-0.15, -0.1) is 0 Å². The number of halogens is 1. The molecule has 0 bridgehead atoms. The normalized spacial score (nSPS) is 13.7. The Labute approximate surface area is 127 Å². The Morgan fingerprint density at radius 1 is 1.00 bits per heavy atom. The minimum atomic E-state index is -1.15. The summed E-state index contributed by atoms with van der Waals surface area (Å²) in [6, 6.07) is 13.0. The lowest BCUT2D eigenvalue weighted by Crippen LogP contribution is -2.23. The summed E-state index contributed by atoms with van der Waals surface area (Å²) >= 11 is 3.48. The molecule has 0 aliphatic rings. The van der Waals surface area contributed by atoms with Gasteiger partial charge >= 0.3 is 0 Å². The fourth-order valence-corrected chi connectivity index (χ4v) is 2.77. The SMILES string of the molecule is COc1cc(OC)cc(C(C)(O)c2ccccc2Br)c1. The molecule has 2 rings (SSSR count). The topological polar surface area (TPSA) is 38.7 Å². The summed E-state index contributed by atoms with van der Waals surface area (Å²) in [6.07, 6.45) is 0. The lowest BCUT2D eigenvalue weighted by Gasteiger charge is -2.26. The lowest BCUT2D eigenvalue weighted by atomic mass is 9.88. The third kappa shape index (κ3) is 2.81. The Bertz CT molecular complexity index is 586. The maximum atomic E-state index is 10.9. The summed E-state index contributed by atoms with van der Waals surface area (Å²) in [6.45, 7) is 1.75. The van der Waals surface area contributed by atoms with Gasteiger partial charge in [-0.1, -0.05) is 34.1 Å². The molecule has 20 heavy (non-hydrogen) atoms. The molecule has 0 saturated carbocycles. The molecule has 0 aromatic heterocycles. The molecule has 0 amide bonds. The highest BCUT2D eigenvalue weighted by Gasteiger charge is 2.28. The van der Waals surface area contributed by atoms with Crippen molar-refractivity contribution in [3.8, 4) is 11.5 Å². The molecule has 0 spiro atoms. The highest BCUT2D eigenvalue weighted by atomic mass is 79.9. The van der Waals surface area contributed by atoms with E-state index in [2.05, 4.69) is 15.9 Å². The highest BCUT2D eigenvalue weighted by molar-refractivity contribution is 9.10. The molecule has 0 radical (unpaired) electrons. The van der Waals surface area contributed by atoms with Crippen molar-refractivity contribution in [3.05, 3.63) is 58.1 Å². The summed E-state index contributed by atoms with van der Waals surface area (Å²) in [7, 11) is 3.18. The van der Waals surface area contributed by atoms with Gasteiger partial charge in [0.2, 0.25) is 0 Å². The largest absolute Gasteiger partial charge is 0.497 e. The van der Waals surface area contributed by atoms with Gasteiger partial charge in [0.25, 0.3) is 0 Å².